The number of hydrogen-bond donors (Lipinski definition) is 1. The van der Waals surface area contributed by atoms with Crippen molar-refractivity contribution in [3.8, 4) is 5.69 Å². The van der Waals surface area contributed by atoms with Crippen LogP contribution >= 0.6 is 0 Å². The molecule has 0 bridgehead atoms. The normalized spacial score (nSPS) is 18.6. The zero-order valence-corrected chi connectivity index (χ0v) is 17.3. The monoisotopic (exact) mass is 415 g/mol. The SMILES string of the molecule is O=C(Nc1ccccc1)C1CCCN(C(=O)c2nnn(-c3ccccc3)c2C2CC2)C1. The molecule has 1 aromatic heterocycles. The summed E-state index contributed by atoms with van der Waals surface area (Å²) >= 11 is 0. The molecule has 7 nitrogen and oxygen atoms in total. The Labute approximate surface area is 181 Å². The van der Waals surface area contributed by atoms with Gasteiger partial charge in [-0.1, -0.05) is 41.6 Å². The van der Waals surface area contributed by atoms with Crippen molar-refractivity contribution in [2.24, 2.45) is 5.92 Å². The Morgan fingerprint density at radius 2 is 1.65 bits per heavy atom. The third kappa shape index (κ3) is 4.08. The highest BCUT2D eigenvalue weighted by Crippen LogP contribution is 2.42. The van der Waals surface area contributed by atoms with Crippen molar-refractivity contribution < 1.29 is 9.59 Å². The lowest BCUT2D eigenvalue weighted by Gasteiger charge is -2.31. The molecule has 1 saturated heterocycles. The first kappa shape index (κ1) is 19.5. The molecule has 1 aliphatic heterocycles. The van der Waals surface area contributed by atoms with Crippen LogP contribution in [0.5, 0.6) is 0 Å². The largest absolute Gasteiger partial charge is 0.336 e. The minimum atomic E-state index is -0.230. The van der Waals surface area contributed by atoms with Gasteiger partial charge in [-0.15, -0.1) is 5.10 Å². The molecule has 158 valence electrons. The average Bonchev–Trinajstić information content (AvgIpc) is 3.57. The number of hydrogen-bond acceptors (Lipinski definition) is 4. The maximum Gasteiger partial charge on any atom is 0.276 e. The molecule has 2 aliphatic rings. The molecule has 2 amide bonds. The van der Waals surface area contributed by atoms with Gasteiger partial charge in [0.1, 0.15) is 0 Å². The van der Waals surface area contributed by atoms with Crippen molar-refractivity contribution in [3.05, 3.63) is 72.1 Å². The molecule has 1 unspecified atom stereocenters. The molecule has 1 N–H and O–H groups in total. The molecule has 1 saturated carbocycles. The van der Waals surface area contributed by atoms with Crippen LogP contribution in [0.3, 0.4) is 0 Å². The average molecular weight is 415 g/mol. The van der Waals surface area contributed by atoms with E-state index in [1.807, 2.05) is 60.7 Å². The molecule has 1 aliphatic carbocycles. The fourth-order valence-corrected chi connectivity index (χ4v) is 4.22. The van der Waals surface area contributed by atoms with Crippen molar-refractivity contribution in [2.75, 3.05) is 18.4 Å². The number of carbonyl (C=O) groups excluding carboxylic acids is 2. The third-order valence-corrected chi connectivity index (χ3v) is 5.99. The van der Waals surface area contributed by atoms with Gasteiger partial charge in [0.25, 0.3) is 5.91 Å². The topological polar surface area (TPSA) is 80.1 Å². The first-order valence-electron chi connectivity index (χ1n) is 10.9. The van der Waals surface area contributed by atoms with E-state index in [4.69, 9.17) is 0 Å². The number of benzene rings is 2. The predicted octanol–water partition coefficient (Wildman–Crippen LogP) is 3.64. The lowest BCUT2D eigenvalue weighted by molar-refractivity contribution is -0.121. The van der Waals surface area contributed by atoms with E-state index in [0.29, 0.717) is 24.7 Å². The van der Waals surface area contributed by atoms with Gasteiger partial charge in [0, 0.05) is 24.7 Å². The molecule has 2 aromatic carbocycles. The van der Waals surface area contributed by atoms with Crippen LogP contribution in [0, 0.1) is 5.92 Å². The van der Waals surface area contributed by atoms with E-state index < -0.39 is 0 Å². The lowest BCUT2D eigenvalue weighted by Crippen LogP contribution is -2.44. The minimum Gasteiger partial charge on any atom is -0.336 e. The summed E-state index contributed by atoms with van der Waals surface area (Å²) in [5.74, 6) is -0.0806. The van der Waals surface area contributed by atoms with Crippen LogP contribution in [-0.4, -0.2) is 44.8 Å². The highest BCUT2D eigenvalue weighted by Gasteiger charge is 2.37. The predicted molar refractivity (Wildman–Crippen MR) is 117 cm³/mol. The number of nitrogens with one attached hydrogen (secondary N) is 1. The van der Waals surface area contributed by atoms with Gasteiger partial charge < -0.3 is 10.2 Å². The second-order valence-corrected chi connectivity index (χ2v) is 8.29. The van der Waals surface area contributed by atoms with Crippen LogP contribution in [0.15, 0.2) is 60.7 Å². The number of nitrogens with zero attached hydrogens (tertiary/aromatic N) is 4. The van der Waals surface area contributed by atoms with E-state index in [2.05, 4.69) is 15.6 Å². The Balaban J connectivity index is 1.34. The van der Waals surface area contributed by atoms with E-state index in [0.717, 1.165) is 42.8 Å². The van der Waals surface area contributed by atoms with E-state index in [-0.39, 0.29) is 17.7 Å². The van der Waals surface area contributed by atoms with Crippen LogP contribution in [-0.2, 0) is 4.79 Å². The van der Waals surface area contributed by atoms with E-state index in [1.54, 1.807) is 9.58 Å². The van der Waals surface area contributed by atoms with Crippen molar-refractivity contribution in [2.45, 2.75) is 31.6 Å². The van der Waals surface area contributed by atoms with Gasteiger partial charge in [0.05, 0.1) is 17.3 Å². The molecule has 1 atom stereocenters. The lowest BCUT2D eigenvalue weighted by atomic mass is 9.96. The third-order valence-electron chi connectivity index (χ3n) is 5.99. The van der Waals surface area contributed by atoms with Gasteiger partial charge in [0.2, 0.25) is 5.91 Å². The van der Waals surface area contributed by atoms with Crippen LogP contribution in [0.25, 0.3) is 5.69 Å². The maximum absolute atomic E-state index is 13.4. The summed E-state index contributed by atoms with van der Waals surface area (Å²) in [6.07, 6.45) is 3.66. The van der Waals surface area contributed by atoms with Crippen LogP contribution in [0.4, 0.5) is 5.69 Å². The highest BCUT2D eigenvalue weighted by molar-refractivity contribution is 5.96. The van der Waals surface area contributed by atoms with E-state index in [1.165, 1.54) is 0 Å². The summed E-state index contributed by atoms with van der Waals surface area (Å²) < 4.78 is 1.80. The van der Waals surface area contributed by atoms with E-state index in [9.17, 15) is 9.59 Å². The summed E-state index contributed by atoms with van der Waals surface area (Å²) in [7, 11) is 0. The van der Waals surface area contributed by atoms with Crippen molar-refractivity contribution in [3.63, 3.8) is 0 Å². The zero-order chi connectivity index (χ0) is 21.2. The maximum atomic E-state index is 13.4. The summed E-state index contributed by atoms with van der Waals surface area (Å²) in [6, 6.07) is 19.2. The van der Waals surface area contributed by atoms with Gasteiger partial charge in [0.15, 0.2) is 5.69 Å². The Hall–Kier alpha value is -3.48. The quantitative estimate of drug-likeness (QED) is 0.690. The minimum absolute atomic E-state index is 0.0425. The smallest absolute Gasteiger partial charge is 0.276 e. The van der Waals surface area contributed by atoms with Gasteiger partial charge in [-0.3, -0.25) is 9.59 Å². The number of piperidine rings is 1. The number of para-hydroxylation sites is 2. The Morgan fingerprint density at radius 3 is 2.35 bits per heavy atom. The van der Waals surface area contributed by atoms with Gasteiger partial charge in [-0.2, -0.15) is 0 Å². The van der Waals surface area contributed by atoms with Crippen molar-refractivity contribution >= 4 is 17.5 Å². The molecular formula is C24H25N5O2. The second kappa shape index (κ2) is 8.34. The standard InChI is InChI=1S/C24H25N5O2/c30-23(25-19-9-3-1-4-10-19)18-8-7-15-28(16-18)24(31)21-22(17-13-14-17)29(27-26-21)20-11-5-2-6-12-20/h1-6,9-12,17-18H,7-8,13-16H2,(H,25,30). The Bertz CT molecular complexity index is 1080. The van der Waals surface area contributed by atoms with Crippen LogP contribution < -0.4 is 5.32 Å². The van der Waals surface area contributed by atoms with Crippen LogP contribution in [0.2, 0.25) is 0 Å². The molecule has 2 heterocycles. The highest BCUT2D eigenvalue weighted by atomic mass is 16.2. The molecule has 7 heteroatoms. The van der Waals surface area contributed by atoms with E-state index >= 15 is 0 Å². The van der Waals surface area contributed by atoms with Gasteiger partial charge >= 0.3 is 0 Å². The molecular weight excluding hydrogens is 390 g/mol. The number of likely N-dealkylation sites (tertiary alicyclic amines) is 1. The number of carbonyl (C=O) groups is 2. The Morgan fingerprint density at radius 1 is 0.935 bits per heavy atom. The molecule has 0 spiro atoms. The fraction of sp³-hybridized carbons (Fsp3) is 0.333. The first-order chi connectivity index (χ1) is 15.2. The van der Waals surface area contributed by atoms with Gasteiger partial charge in [-0.25, -0.2) is 4.68 Å². The molecule has 5 rings (SSSR count). The van der Waals surface area contributed by atoms with Crippen molar-refractivity contribution in [1.29, 1.82) is 0 Å². The Kier molecular flexibility index (Phi) is 5.24. The zero-order valence-electron chi connectivity index (χ0n) is 17.3. The number of aromatic nitrogens is 3. The summed E-state index contributed by atoms with van der Waals surface area (Å²) in [5, 5.41) is 11.6. The summed E-state index contributed by atoms with van der Waals surface area (Å²) in [5.41, 5.74) is 3.01. The fourth-order valence-electron chi connectivity index (χ4n) is 4.22. The molecule has 31 heavy (non-hydrogen) atoms. The summed E-state index contributed by atoms with van der Waals surface area (Å²) in [4.78, 5) is 27.9. The van der Waals surface area contributed by atoms with Crippen molar-refractivity contribution in [1.82, 2.24) is 19.9 Å². The number of amides is 2. The van der Waals surface area contributed by atoms with Crippen LogP contribution in [0.1, 0.15) is 47.8 Å². The molecule has 2 fully saturated rings. The van der Waals surface area contributed by atoms with Gasteiger partial charge in [-0.05, 0) is 49.9 Å². The second-order valence-electron chi connectivity index (χ2n) is 8.29. The molecule has 3 aromatic rings. The first-order valence-corrected chi connectivity index (χ1v) is 10.9. The molecule has 0 radical (unpaired) electrons. The number of anilines is 1. The number of rotatable bonds is 5. The summed E-state index contributed by atoms with van der Waals surface area (Å²) in [6.45, 7) is 1.04.